The number of aromatic nitrogens is 1. The summed E-state index contributed by atoms with van der Waals surface area (Å²) < 4.78 is 1.62. The van der Waals surface area contributed by atoms with E-state index in [0.29, 0.717) is 0 Å². The molecule has 1 rings (SSSR count). The molecular formula is C5H3Br2NO. The molecule has 2 nitrogen and oxygen atoms in total. The molecule has 48 valence electrons. The molecule has 0 radical (unpaired) electrons. The predicted molar refractivity (Wildman–Crippen MR) is 42.5 cm³/mol. The van der Waals surface area contributed by atoms with Crippen LogP contribution >= 0.6 is 31.9 Å². The Kier molecular flexibility index (Phi) is 2.08. The molecule has 0 aliphatic carbocycles. The van der Waals surface area contributed by atoms with E-state index in [-0.39, 0.29) is 5.56 Å². The minimum Gasteiger partial charge on any atom is -0.328 e. The van der Waals surface area contributed by atoms with Gasteiger partial charge < -0.3 is 4.98 Å². The van der Waals surface area contributed by atoms with Gasteiger partial charge >= 0.3 is 0 Å². The van der Waals surface area contributed by atoms with Gasteiger partial charge in [-0.2, -0.15) is 0 Å². The molecule has 1 aromatic heterocycles. The molecule has 9 heavy (non-hydrogen) atoms. The molecule has 0 aliphatic rings. The minimum absolute atomic E-state index is 0.106. The van der Waals surface area contributed by atoms with Crippen LogP contribution < -0.4 is 5.56 Å². The molecule has 1 aromatic rings. The molecule has 0 spiro atoms. The van der Waals surface area contributed by atoms with E-state index in [4.69, 9.17) is 0 Å². The summed E-state index contributed by atoms with van der Waals surface area (Å²) in [6, 6.07) is 1.46. The molecule has 4 heteroatoms. The first kappa shape index (κ1) is 7.02. The van der Waals surface area contributed by atoms with Crippen LogP contribution in [0.4, 0.5) is 0 Å². The molecule has 0 saturated heterocycles. The summed E-state index contributed by atoms with van der Waals surface area (Å²) in [6.45, 7) is 0. The summed E-state index contributed by atoms with van der Waals surface area (Å²) in [4.78, 5) is 13.0. The first-order chi connectivity index (χ1) is 4.20. The Hall–Kier alpha value is -0.0900. The van der Waals surface area contributed by atoms with E-state index in [1.165, 1.54) is 6.07 Å². The number of aromatic amines is 1. The van der Waals surface area contributed by atoms with Gasteiger partial charge in [0.15, 0.2) is 0 Å². The Bertz CT molecular complexity index is 268. The molecule has 0 saturated carbocycles. The predicted octanol–water partition coefficient (Wildman–Crippen LogP) is 1.90. The Morgan fingerprint density at radius 1 is 1.33 bits per heavy atom. The van der Waals surface area contributed by atoms with Gasteiger partial charge in [0.25, 0.3) is 0 Å². The molecule has 1 N–H and O–H groups in total. The largest absolute Gasteiger partial charge is 0.328 e. The summed E-state index contributed by atoms with van der Waals surface area (Å²) >= 11 is 6.39. The van der Waals surface area contributed by atoms with E-state index in [9.17, 15) is 4.79 Å². The van der Waals surface area contributed by atoms with Crippen molar-refractivity contribution in [2.24, 2.45) is 0 Å². The average Bonchev–Trinajstić information content (AvgIpc) is 1.80. The number of nitrogens with one attached hydrogen (secondary N) is 1. The molecule has 0 aromatic carbocycles. The zero-order valence-corrected chi connectivity index (χ0v) is 7.49. The number of pyridine rings is 1. The Morgan fingerprint density at radius 3 is 2.44 bits per heavy atom. The quantitative estimate of drug-likeness (QED) is 0.752. The van der Waals surface area contributed by atoms with Gasteiger partial charge in [-0.15, -0.1) is 0 Å². The molecular weight excluding hydrogens is 250 g/mol. The summed E-state index contributed by atoms with van der Waals surface area (Å²) in [6.07, 6.45) is 1.59. The lowest BCUT2D eigenvalue weighted by atomic mass is 10.5. The van der Waals surface area contributed by atoms with Crippen molar-refractivity contribution in [1.29, 1.82) is 0 Å². The van der Waals surface area contributed by atoms with Crippen LogP contribution in [0.1, 0.15) is 0 Å². The van der Waals surface area contributed by atoms with E-state index in [1.807, 2.05) is 0 Å². The normalized spacial score (nSPS) is 9.56. The fourth-order valence-electron chi connectivity index (χ4n) is 0.429. The number of hydrogen-bond donors (Lipinski definition) is 1. The number of rotatable bonds is 0. The fraction of sp³-hybridized carbons (Fsp3) is 0. The Morgan fingerprint density at radius 2 is 2.00 bits per heavy atom. The van der Waals surface area contributed by atoms with Crippen molar-refractivity contribution in [3.05, 3.63) is 31.6 Å². The summed E-state index contributed by atoms with van der Waals surface area (Å²) in [7, 11) is 0. The van der Waals surface area contributed by atoms with E-state index in [1.54, 1.807) is 6.20 Å². The maximum Gasteiger partial charge on any atom is 0.249 e. The van der Waals surface area contributed by atoms with Crippen LogP contribution in [-0.4, -0.2) is 4.98 Å². The van der Waals surface area contributed by atoms with Gasteiger partial charge in [-0.3, -0.25) is 4.79 Å². The standard InChI is InChI=1S/C5H3Br2NO/c6-3-1-5(9)8-2-4(3)7/h1-2H,(H,8,9). The highest BCUT2D eigenvalue weighted by Crippen LogP contribution is 2.18. The molecule has 0 unspecified atom stereocenters. The lowest BCUT2D eigenvalue weighted by Crippen LogP contribution is -2.01. The van der Waals surface area contributed by atoms with Crippen molar-refractivity contribution in [2.75, 3.05) is 0 Å². The van der Waals surface area contributed by atoms with E-state index < -0.39 is 0 Å². The maximum atomic E-state index is 10.5. The van der Waals surface area contributed by atoms with Crippen LogP contribution in [0.25, 0.3) is 0 Å². The number of halogens is 2. The third kappa shape index (κ3) is 1.66. The lowest BCUT2D eigenvalue weighted by molar-refractivity contribution is 1.21. The first-order valence-electron chi connectivity index (χ1n) is 2.24. The average molecular weight is 253 g/mol. The van der Waals surface area contributed by atoms with Crippen molar-refractivity contribution in [3.8, 4) is 0 Å². The van der Waals surface area contributed by atoms with Crippen LogP contribution in [0, 0.1) is 0 Å². The van der Waals surface area contributed by atoms with Crippen molar-refractivity contribution in [3.63, 3.8) is 0 Å². The first-order valence-corrected chi connectivity index (χ1v) is 3.82. The molecule has 0 bridgehead atoms. The monoisotopic (exact) mass is 251 g/mol. The van der Waals surface area contributed by atoms with Gasteiger partial charge in [0.1, 0.15) is 0 Å². The second kappa shape index (κ2) is 2.66. The number of H-pyrrole nitrogens is 1. The highest BCUT2D eigenvalue weighted by molar-refractivity contribution is 9.13. The Balaban J connectivity index is 3.34. The van der Waals surface area contributed by atoms with Gasteiger partial charge in [0.2, 0.25) is 5.56 Å². The fourth-order valence-corrected chi connectivity index (χ4v) is 0.980. The van der Waals surface area contributed by atoms with E-state index in [2.05, 4.69) is 36.8 Å². The highest BCUT2D eigenvalue weighted by Gasteiger charge is 1.93. The van der Waals surface area contributed by atoms with Crippen LogP contribution in [0.3, 0.4) is 0 Å². The van der Waals surface area contributed by atoms with Gasteiger partial charge in [-0.25, -0.2) is 0 Å². The lowest BCUT2D eigenvalue weighted by Gasteiger charge is -1.89. The Labute approximate surface area is 68.5 Å². The van der Waals surface area contributed by atoms with Crippen LogP contribution in [-0.2, 0) is 0 Å². The van der Waals surface area contributed by atoms with Crippen LogP contribution in [0.5, 0.6) is 0 Å². The zero-order valence-electron chi connectivity index (χ0n) is 4.32. The van der Waals surface area contributed by atoms with Gasteiger partial charge in [0.05, 0.1) is 0 Å². The summed E-state index contributed by atoms with van der Waals surface area (Å²) in [5.41, 5.74) is -0.106. The molecule has 0 atom stereocenters. The number of hydrogen-bond acceptors (Lipinski definition) is 1. The molecule has 0 amide bonds. The molecule has 1 heterocycles. The zero-order chi connectivity index (χ0) is 6.85. The third-order valence-electron chi connectivity index (χ3n) is 0.827. The smallest absolute Gasteiger partial charge is 0.249 e. The van der Waals surface area contributed by atoms with Gasteiger partial charge in [0, 0.05) is 21.2 Å². The second-order valence-electron chi connectivity index (χ2n) is 1.49. The van der Waals surface area contributed by atoms with Gasteiger partial charge in [-0.05, 0) is 31.9 Å². The summed E-state index contributed by atoms with van der Waals surface area (Å²) in [5, 5.41) is 0. The van der Waals surface area contributed by atoms with Crippen LogP contribution in [0.2, 0.25) is 0 Å². The minimum atomic E-state index is -0.106. The highest BCUT2D eigenvalue weighted by atomic mass is 79.9. The van der Waals surface area contributed by atoms with E-state index >= 15 is 0 Å². The van der Waals surface area contributed by atoms with Crippen LogP contribution in [0.15, 0.2) is 26.0 Å². The van der Waals surface area contributed by atoms with Crippen molar-refractivity contribution in [2.45, 2.75) is 0 Å². The van der Waals surface area contributed by atoms with E-state index in [0.717, 1.165) is 8.95 Å². The molecule has 0 fully saturated rings. The SMILES string of the molecule is O=c1cc(Br)c(Br)c[nH]1. The second-order valence-corrected chi connectivity index (χ2v) is 3.20. The topological polar surface area (TPSA) is 32.9 Å². The van der Waals surface area contributed by atoms with Gasteiger partial charge in [-0.1, -0.05) is 0 Å². The summed E-state index contributed by atoms with van der Waals surface area (Å²) in [5.74, 6) is 0. The van der Waals surface area contributed by atoms with Crippen molar-refractivity contribution in [1.82, 2.24) is 4.98 Å². The van der Waals surface area contributed by atoms with Crippen molar-refractivity contribution >= 4 is 31.9 Å². The third-order valence-corrected chi connectivity index (χ3v) is 2.67. The maximum absolute atomic E-state index is 10.5. The van der Waals surface area contributed by atoms with Crippen molar-refractivity contribution < 1.29 is 0 Å². The molecule has 0 aliphatic heterocycles.